The molecule has 2 aliphatic heterocycles. The summed E-state index contributed by atoms with van der Waals surface area (Å²) < 4.78 is 0. The van der Waals surface area contributed by atoms with Crippen LogP contribution in [0.25, 0.3) is 0 Å². The van der Waals surface area contributed by atoms with Crippen LogP contribution in [0.3, 0.4) is 0 Å². The lowest BCUT2D eigenvalue weighted by Gasteiger charge is -2.48. The molecule has 1 saturated carbocycles. The monoisotopic (exact) mass is 494 g/mol. The van der Waals surface area contributed by atoms with Crippen LogP contribution in [0.15, 0.2) is 53.6 Å². The Morgan fingerprint density at radius 1 is 1.11 bits per heavy atom. The number of halogens is 1. The van der Waals surface area contributed by atoms with Crippen molar-refractivity contribution >= 4 is 29.6 Å². The highest BCUT2D eigenvalue weighted by atomic mass is 35.5. The number of hydrogen-bond acceptors (Lipinski definition) is 5. The quantitative estimate of drug-likeness (QED) is 0.640. The van der Waals surface area contributed by atoms with Gasteiger partial charge in [0.1, 0.15) is 0 Å². The Balaban J connectivity index is 1.54. The van der Waals surface area contributed by atoms with E-state index in [1.165, 1.54) is 0 Å². The Kier molecular flexibility index (Phi) is 7.07. The summed E-state index contributed by atoms with van der Waals surface area (Å²) in [6, 6.07) is 13.8. The summed E-state index contributed by atoms with van der Waals surface area (Å²) in [5, 5.41) is 20.9. The van der Waals surface area contributed by atoms with E-state index < -0.39 is 18.1 Å². The van der Waals surface area contributed by atoms with Crippen molar-refractivity contribution in [3.05, 3.63) is 70.2 Å². The molecule has 4 atom stereocenters. The minimum Gasteiger partial charge on any atom is -0.391 e. The number of hydrogen-bond donors (Lipinski definition) is 2. The van der Waals surface area contributed by atoms with Gasteiger partial charge < -0.3 is 15.3 Å². The predicted octanol–water partition coefficient (Wildman–Crippen LogP) is 3.73. The Hall–Kier alpha value is -2.90. The van der Waals surface area contributed by atoms with Gasteiger partial charge in [0.05, 0.1) is 30.7 Å². The van der Waals surface area contributed by atoms with Crippen LogP contribution < -0.4 is 5.32 Å². The number of rotatable bonds is 6. The summed E-state index contributed by atoms with van der Waals surface area (Å²) in [5.74, 6) is -0.883. The zero-order chi connectivity index (χ0) is 24.4. The van der Waals surface area contributed by atoms with Crippen molar-refractivity contribution in [1.29, 1.82) is 0 Å². The number of amides is 2. The van der Waals surface area contributed by atoms with E-state index in [1.54, 1.807) is 23.1 Å². The number of carbonyl (C=O) groups excluding carboxylic acids is 2. The molecule has 2 heterocycles. The van der Waals surface area contributed by atoms with Crippen molar-refractivity contribution in [1.82, 2.24) is 15.2 Å². The standard InChI is InChI=1S/C27H31ClN4O3/c28-19-12-10-18(11-13-19)25-24(26(34)29-15-17-31-16-5-14-30-31)20-6-1-2-7-21(20)27(35)32(25)22-8-3-4-9-23(22)33/h1-2,6-7,10-14,22-25,33H,3-5,8-9,15-17H2,(H,29,34)/t22-,23-,24+,25-/m0/s1. The molecule has 35 heavy (non-hydrogen) atoms. The average Bonchev–Trinajstić information content (AvgIpc) is 3.39. The Bertz CT molecular complexity index is 1110. The third-order valence-corrected chi connectivity index (χ3v) is 7.60. The zero-order valence-electron chi connectivity index (χ0n) is 19.6. The minimum absolute atomic E-state index is 0.136. The molecule has 2 aromatic rings. The van der Waals surface area contributed by atoms with Gasteiger partial charge in [-0.1, -0.05) is 54.8 Å². The molecule has 5 rings (SSSR count). The van der Waals surface area contributed by atoms with Crippen molar-refractivity contribution in [3.8, 4) is 0 Å². The zero-order valence-corrected chi connectivity index (χ0v) is 20.4. The van der Waals surface area contributed by atoms with Gasteiger partial charge in [-0.2, -0.15) is 5.10 Å². The smallest absolute Gasteiger partial charge is 0.255 e. The molecule has 0 bridgehead atoms. The molecule has 0 saturated heterocycles. The second-order valence-electron chi connectivity index (χ2n) is 9.52. The van der Waals surface area contributed by atoms with Crippen LogP contribution in [0.1, 0.15) is 65.5 Å². The maximum absolute atomic E-state index is 13.9. The molecule has 184 valence electrons. The van der Waals surface area contributed by atoms with Crippen LogP contribution in [-0.2, 0) is 4.79 Å². The minimum atomic E-state index is -0.621. The highest BCUT2D eigenvalue weighted by molar-refractivity contribution is 6.30. The van der Waals surface area contributed by atoms with Gasteiger partial charge >= 0.3 is 0 Å². The third kappa shape index (κ3) is 4.80. The molecular formula is C27H31ClN4O3. The number of hydrazone groups is 1. The van der Waals surface area contributed by atoms with Crippen LogP contribution in [0.4, 0.5) is 0 Å². The molecule has 1 aliphatic carbocycles. The summed E-state index contributed by atoms with van der Waals surface area (Å²) in [7, 11) is 0. The maximum Gasteiger partial charge on any atom is 0.255 e. The molecule has 2 aromatic carbocycles. The van der Waals surface area contributed by atoms with E-state index in [-0.39, 0.29) is 17.9 Å². The largest absolute Gasteiger partial charge is 0.391 e. The first-order chi connectivity index (χ1) is 17.0. The van der Waals surface area contributed by atoms with E-state index in [1.807, 2.05) is 41.6 Å². The van der Waals surface area contributed by atoms with E-state index in [0.29, 0.717) is 36.5 Å². The molecule has 0 unspecified atom stereocenters. The van der Waals surface area contributed by atoms with E-state index in [2.05, 4.69) is 10.4 Å². The summed E-state index contributed by atoms with van der Waals surface area (Å²) in [5.41, 5.74) is 2.08. The van der Waals surface area contributed by atoms with Crippen LogP contribution >= 0.6 is 11.6 Å². The van der Waals surface area contributed by atoms with E-state index in [4.69, 9.17) is 11.6 Å². The van der Waals surface area contributed by atoms with E-state index in [0.717, 1.165) is 36.9 Å². The number of aliphatic hydroxyl groups is 1. The second kappa shape index (κ2) is 10.4. The first kappa shape index (κ1) is 23.8. The number of nitrogens with zero attached hydrogens (tertiary/aromatic N) is 3. The van der Waals surface area contributed by atoms with Gasteiger partial charge in [-0.25, -0.2) is 0 Å². The molecular weight excluding hydrogens is 464 g/mol. The molecule has 8 heteroatoms. The SMILES string of the molecule is O=C(NCCN1CCC=N1)[C@@H]1c2ccccc2C(=O)N([C@H]2CCCC[C@@H]2O)[C@H]1c1ccc(Cl)cc1. The highest BCUT2D eigenvalue weighted by Gasteiger charge is 2.48. The molecule has 2 amide bonds. The molecule has 2 N–H and O–H groups in total. The van der Waals surface area contributed by atoms with E-state index in [9.17, 15) is 14.7 Å². The van der Waals surface area contributed by atoms with Crippen molar-refractivity contribution in [3.63, 3.8) is 0 Å². The first-order valence-electron chi connectivity index (χ1n) is 12.4. The number of benzene rings is 2. The molecule has 3 aliphatic rings. The van der Waals surface area contributed by atoms with Crippen molar-refractivity contribution in [2.24, 2.45) is 5.10 Å². The predicted molar refractivity (Wildman–Crippen MR) is 135 cm³/mol. The second-order valence-corrected chi connectivity index (χ2v) is 9.96. The van der Waals surface area contributed by atoms with Gasteiger partial charge in [-0.05, 0) is 42.2 Å². The van der Waals surface area contributed by atoms with Gasteiger partial charge in [0, 0.05) is 36.3 Å². The lowest BCUT2D eigenvalue weighted by Crippen LogP contribution is -2.55. The van der Waals surface area contributed by atoms with Crippen molar-refractivity contribution in [2.75, 3.05) is 19.6 Å². The Morgan fingerprint density at radius 2 is 1.89 bits per heavy atom. The van der Waals surface area contributed by atoms with Gasteiger partial charge in [-0.3, -0.25) is 14.6 Å². The fourth-order valence-electron chi connectivity index (χ4n) is 5.66. The highest BCUT2D eigenvalue weighted by Crippen LogP contribution is 2.46. The first-order valence-corrected chi connectivity index (χ1v) is 12.8. The topological polar surface area (TPSA) is 85.2 Å². The molecule has 0 radical (unpaired) electrons. The van der Waals surface area contributed by atoms with Gasteiger partial charge in [0.25, 0.3) is 5.91 Å². The molecule has 0 spiro atoms. The summed E-state index contributed by atoms with van der Waals surface area (Å²) in [4.78, 5) is 29.5. The summed E-state index contributed by atoms with van der Waals surface area (Å²) in [6.45, 7) is 1.95. The average molecular weight is 495 g/mol. The fourth-order valence-corrected chi connectivity index (χ4v) is 5.78. The Morgan fingerprint density at radius 3 is 2.63 bits per heavy atom. The number of aliphatic hydroxyl groups excluding tert-OH is 1. The van der Waals surface area contributed by atoms with Crippen LogP contribution in [0.5, 0.6) is 0 Å². The molecule has 0 aromatic heterocycles. The Labute approximate surface area is 210 Å². The third-order valence-electron chi connectivity index (χ3n) is 7.35. The molecule has 7 nitrogen and oxygen atoms in total. The number of fused-ring (bicyclic) bond motifs is 1. The summed E-state index contributed by atoms with van der Waals surface area (Å²) >= 11 is 6.18. The van der Waals surface area contributed by atoms with Gasteiger partial charge in [0.15, 0.2) is 0 Å². The number of carbonyl (C=O) groups is 2. The normalized spacial score (nSPS) is 26.1. The van der Waals surface area contributed by atoms with Crippen LogP contribution in [-0.4, -0.2) is 64.8 Å². The maximum atomic E-state index is 13.9. The van der Waals surface area contributed by atoms with Gasteiger partial charge in [-0.15, -0.1) is 0 Å². The lowest BCUT2D eigenvalue weighted by atomic mass is 9.76. The van der Waals surface area contributed by atoms with Crippen LogP contribution in [0.2, 0.25) is 5.02 Å². The van der Waals surface area contributed by atoms with E-state index >= 15 is 0 Å². The lowest BCUT2D eigenvalue weighted by molar-refractivity contribution is -0.125. The van der Waals surface area contributed by atoms with Crippen molar-refractivity contribution < 1.29 is 14.7 Å². The molecule has 1 fully saturated rings. The number of nitrogens with one attached hydrogen (secondary N) is 1. The van der Waals surface area contributed by atoms with Crippen LogP contribution in [0, 0.1) is 0 Å². The fraction of sp³-hybridized carbons (Fsp3) is 0.444. The van der Waals surface area contributed by atoms with Gasteiger partial charge in [0.2, 0.25) is 5.91 Å². The van der Waals surface area contributed by atoms with Crippen molar-refractivity contribution in [2.45, 2.75) is 56.2 Å². The summed E-state index contributed by atoms with van der Waals surface area (Å²) in [6.07, 6.45) is 5.41.